The van der Waals surface area contributed by atoms with E-state index in [1.165, 1.54) is 5.56 Å². The Morgan fingerprint density at radius 1 is 1.00 bits per heavy atom. The molecular weight excluding hydrogens is 356 g/mol. The number of Topliss-reactive ketones (excluding diaryl/α,β-unsaturated/α-hetero) is 1. The Morgan fingerprint density at radius 3 is 2.39 bits per heavy atom. The van der Waals surface area contributed by atoms with Gasteiger partial charge >= 0.3 is 5.97 Å². The van der Waals surface area contributed by atoms with E-state index in [-0.39, 0.29) is 31.1 Å². The van der Waals surface area contributed by atoms with Crippen molar-refractivity contribution in [1.29, 1.82) is 0 Å². The molecule has 0 saturated carbocycles. The molecule has 0 aliphatic carbocycles. The summed E-state index contributed by atoms with van der Waals surface area (Å²) in [6.45, 7) is 3.93. The zero-order chi connectivity index (χ0) is 19.9. The summed E-state index contributed by atoms with van der Waals surface area (Å²) in [6, 6.07) is 15.1. The summed E-state index contributed by atoms with van der Waals surface area (Å²) in [6.07, 6.45) is 1.06. The van der Waals surface area contributed by atoms with Crippen LogP contribution >= 0.6 is 0 Å². The summed E-state index contributed by atoms with van der Waals surface area (Å²) in [5.74, 6) is 0.0936. The fourth-order valence-electron chi connectivity index (χ4n) is 2.63. The monoisotopic (exact) mass is 378 g/mol. The summed E-state index contributed by atoms with van der Waals surface area (Å²) in [4.78, 5) is 28.2. The molecule has 0 radical (unpaired) electrons. The number of esters is 1. The molecule has 144 valence electrons. The smallest absolute Gasteiger partial charge is 0.306 e. The molecule has 1 aromatic heterocycles. The predicted molar refractivity (Wildman–Crippen MR) is 104 cm³/mol. The summed E-state index contributed by atoms with van der Waals surface area (Å²) >= 11 is 0. The number of nitrogens with zero attached hydrogens (tertiary/aromatic N) is 2. The Labute approximate surface area is 163 Å². The number of aromatic nitrogens is 2. The van der Waals surface area contributed by atoms with Gasteiger partial charge in [-0.2, -0.15) is 4.98 Å². The molecule has 0 N–H and O–H groups in total. The summed E-state index contributed by atoms with van der Waals surface area (Å²) < 4.78 is 10.3. The lowest BCUT2D eigenvalue weighted by Gasteiger charge is -2.03. The molecule has 0 atom stereocenters. The van der Waals surface area contributed by atoms with Gasteiger partial charge < -0.3 is 9.26 Å². The molecule has 0 spiro atoms. The van der Waals surface area contributed by atoms with Crippen LogP contribution in [0.3, 0.4) is 0 Å². The first-order valence-corrected chi connectivity index (χ1v) is 9.22. The van der Waals surface area contributed by atoms with Crippen molar-refractivity contribution in [2.24, 2.45) is 0 Å². The van der Waals surface area contributed by atoms with Crippen LogP contribution in [0.2, 0.25) is 0 Å². The normalized spacial score (nSPS) is 10.6. The topological polar surface area (TPSA) is 82.3 Å². The third-order valence-electron chi connectivity index (χ3n) is 4.37. The second kappa shape index (κ2) is 9.08. The number of aryl methyl sites for hydroxylation is 2. The third kappa shape index (κ3) is 5.13. The number of rotatable bonds is 8. The molecule has 0 aliphatic rings. The minimum Gasteiger partial charge on any atom is -0.456 e. The highest BCUT2D eigenvalue weighted by atomic mass is 16.6. The standard InChI is InChI=1S/C22H22N2O4/c1-3-16-6-10-18(11-7-16)22-23-20(28-24-22)14-27-21(26)13-12-19(25)17-8-4-15(2)5-9-17/h4-11H,3,12-14H2,1-2H3. The van der Waals surface area contributed by atoms with Crippen LogP contribution in [0.1, 0.15) is 47.1 Å². The van der Waals surface area contributed by atoms with Crippen molar-refractivity contribution < 1.29 is 18.8 Å². The van der Waals surface area contributed by atoms with E-state index in [1.54, 1.807) is 12.1 Å². The van der Waals surface area contributed by atoms with Crippen LogP contribution < -0.4 is 0 Å². The van der Waals surface area contributed by atoms with Gasteiger partial charge in [0.1, 0.15) is 0 Å². The Bertz CT molecular complexity index is 943. The number of carbonyl (C=O) groups is 2. The van der Waals surface area contributed by atoms with Gasteiger partial charge in [-0.05, 0) is 18.9 Å². The largest absolute Gasteiger partial charge is 0.456 e. The van der Waals surface area contributed by atoms with E-state index in [9.17, 15) is 9.59 Å². The summed E-state index contributed by atoms with van der Waals surface area (Å²) in [7, 11) is 0. The molecule has 3 rings (SSSR count). The van der Waals surface area contributed by atoms with Crippen molar-refractivity contribution in [2.45, 2.75) is 39.7 Å². The van der Waals surface area contributed by atoms with E-state index in [4.69, 9.17) is 9.26 Å². The van der Waals surface area contributed by atoms with E-state index in [0.29, 0.717) is 11.4 Å². The molecule has 3 aromatic rings. The minimum atomic E-state index is -0.479. The molecule has 0 saturated heterocycles. The van der Waals surface area contributed by atoms with Crippen LogP contribution in [-0.2, 0) is 22.6 Å². The molecule has 0 fully saturated rings. The Morgan fingerprint density at radius 2 is 1.71 bits per heavy atom. The number of benzene rings is 2. The maximum Gasteiger partial charge on any atom is 0.306 e. The summed E-state index contributed by atoms with van der Waals surface area (Å²) in [5.41, 5.74) is 3.73. The average molecular weight is 378 g/mol. The molecular formula is C22H22N2O4. The minimum absolute atomic E-state index is 0.00613. The first kappa shape index (κ1) is 19.5. The first-order chi connectivity index (χ1) is 13.5. The van der Waals surface area contributed by atoms with E-state index in [2.05, 4.69) is 17.1 Å². The van der Waals surface area contributed by atoms with Crippen LogP contribution in [0.15, 0.2) is 53.1 Å². The molecule has 6 heteroatoms. The predicted octanol–water partition coefficient (Wildman–Crippen LogP) is 4.31. The highest BCUT2D eigenvalue weighted by Crippen LogP contribution is 2.17. The lowest BCUT2D eigenvalue weighted by atomic mass is 10.1. The van der Waals surface area contributed by atoms with Gasteiger partial charge in [0, 0.05) is 17.5 Å². The molecule has 0 amide bonds. The lowest BCUT2D eigenvalue weighted by Crippen LogP contribution is -2.08. The van der Waals surface area contributed by atoms with Gasteiger partial charge in [-0.3, -0.25) is 9.59 Å². The number of hydrogen-bond acceptors (Lipinski definition) is 6. The van der Waals surface area contributed by atoms with Gasteiger partial charge in [-0.15, -0.1) is 0 Å². The molecule has 0 bridgehead atoms. The number of ether oxygens (including phenoxy) is 1. The van der Waals surface area contributed by atoms with Gasteiger partial charge in [0.25, 0.3) is 5.89 Å². The van der Waals surface area contributed by atoms with Gasteiger partial charge in [-0.25, -0.2) is 0 Å². The van der Waals surface area contributed by atoms with Gasteiger partial charge in [0.15, 0.2) is 12.4 Å². The van der Waals surface area contributed by atoms with Crippen LogP contribution in [0.5, 0.6) is 0 Å². The second-order valence-corrected chi connectivity index (χ2v) is 6.51. The zero-order valence-electron chi connectivity index (χ0n) is 16.0. The van der Waals surface area contributed by atoms with Crippen molar-refractivity contribution in [2.75, 3.05) is 0 Å². The maximum atomic E-state index is 12.1. The Kier molecular flexibility index (Phi) is 6.32. The molecule has 0 unspecified atom stereocenters. The number of hydrogen-bond donors (Lipinski definition) is 0. The summed E-state index contributed by atoms with van der Waals surface area (Å²) in [5, 5.41) is 3.91. The fourth-order valence-corrected chi connectivity index (χ4v) is 2.63. The highest BCUT2D eigenvalue weighted by Gasteiger charge is 2.13. The average Bonchev–Trinajstić information content (AvgIpc) is 3.20. The molecule has 0 aliphatic heterocycles. The van der Waals surface area contributed by atoms with Crippen LogP contribution in [-0.4, -0.2) is 21.9 Å². The number of ketones is 1. The van der Waals surface area contributed by atoms with Crippen molar-refractivity contribution in [1.82, 2.24) is 10.1 Å². The molecule has 28 heavy (non-hydrogen) atoms. The van der Waals surface area contributed by atoms with E-state index in [0.717, 1.165) is 17.5 Å². The van der Waals surface area contributed by atoms with Gasteiger partial charge in [-0.1, -0.05) is 66.2 Å². The first-order valence-electron chi connectivity index (χ1n) is 9.22. The van der Waals surface area contributed by atoms with Crippen LogP contribution in [0.25, 0.3) is 11.4 Å². The van der Waals surface area contributed by atoms with Gasteiger partial charge in [0.05, 0.1) is 6.42 Å². The van der Waals surface area contributed by atoms with E-state index in [1.807, 2.05) is 43.3 Å². The van der Waals surface area contributed by atoms with Crippen LogP contribution in [0, 0.1) is 6.92 Å². The maximum absolute atomic E-state index is 12.1. The van der Waals surface area contributed by atoms with Crippen LogP contribution in [0.4, 0.5) is 0 Å². The SMILES string of the molecule is CCc1ccc(-c2noc(COC(=O)CCC(=O)c3ccc(C)cc3)n2)cc1. The van der Waals surface area contributed by atoms with Crippen molar-refractivity contribution in [3.63, 3.8) is 0 Å². The van der Waals surface area contributed by atoms with Crippen molar-refractivity contribution in [3.8, 4) is 11.4 Å². The molecule has 1 heterocycles. The van der Waals surface area contributed by atoms with E-state index < -0.39 is 5.97 Å². The Hall–Kier alpha value is -3.28. The zero-order valence-corrected chi connectivity index (χ0v) is 16.0. The third-order valence-corrected chi connectivity index (χ3v) is 4.37. The second-order valence-electron chi connectivity index (χ2n) is 6.51. The van der Waals surface area contributed by atoms with E-state index >= 15 is 0 Å². The lowest BCUT2D eigenvalue weighted by molar-refractivity contribution is -0.145. The van der Waals surface area contributed by atoms with Crippen molar-refractivity contribution >= 4 is 11.8 Å². The molecule has 2 aromatic carbocycles. The van der Waals surface area contributed by atoms with Gasteiger partial charge in [0.2, 0.25) is 5.82 Å². The molecule has 6 nitrogen and oxygen atoms in total. The Balaban J connectivity index is 1.47. The van der Waals surface area contributed by atoms with Crippen molar-refractivity contribution in [3.05, 3.63) is 71.1 Å². The highest BCUT2D eigenvalue weighted by molar-refractivity contribution is 5.97. The number of carbonyl (C=O) groups excluding carboxylic acids is 2. The fraction of sp³-hybridized carbons (Fsp3) is 0.273. The quantitative estimate of drug-likeness (QED) is 0.429.